The van der Waals surface area contributed by atoms with E-state index in [0.717, 1.165) is 21.5 Å². The van der Waals surface area contributed by atoms with Crippen molar-refractivity contribution in [3.05, 3.63) is 28.2 Å². The van der Waals surface area contributed by atoms with Gasteiger partial charge in [0, 0.05) is 35.8 Å². The lowest BCUT2D eigenvalue weighted by atomic mass is 10.1. The van der Waals surface area contributed by atoms with E-state index in [1.54, 1.807) is 6.92 Å². The second kappa shape index (κ2) is 6.09. The summed E-state index contributed by atoms with van der Waals surface area (Å²) >= 11 is 4.80. The van der Waals surface area contributed by atoms with E-state index < -0.39 is 0 Å². The number of rotatable bonds is 3. The van der Waals surface area contributed by atoms with Gasteiger partial charge < -0.3 is 4.90 Å². The first-order valence-corrected chi connectivity index (χ1v) is 7.95. The molecule has 0 spiro atoms. The van der Waals surface area contributed by atoms with Gasteiger partial charge in [0.05, 0.1) is 0 Å². The molecule has 102 valence electrons. The number of amides is 1. The van der Waals surface area contributed by atoms with Gasteiger partial charge in [0.15, 0.2) is 5.12 Å². The number of hydrogen-bond donors (Lipinski definition) is 0. The minimum absolute atomic E-state index is 0.115. The molecule has 1 amide bonds. The predicted molar refractivity (Wildman–Crippen MR) is 82.5 cm³/mol. The molecule has 1 fully saturated rings. The maximum absolute atomic E-state index is 12.1. The molecular weight excluding hydrogens is 326 g/mol. The Labute approximate surface area is 125 Å². The largest absolute Gasteiger partial charge is 0.312 e. The number of anilines is 1. The van der Waals surface area contributed by atoms with Crippen LogP contribution >= 0.6 is 27.7 Å². The molecule has 19 heavy (non-hydrogen) atoms. The lowest BCUT2D eigenvalue weighted by Crippen LogP contribution is -2.25. The molecule has 0 bridgehead atoms. The van der Waals surface area contributed by atoms with Crippen LogP contribution < -0.4 is 4.90 Å². The number of nitrogens with zero attached hydrogens (tertiary/aromatic N) is 1. The molecule has 1 aromatic rings. The third-order valence-corrected chi connectivity index (χ3v) is 5.16. The van der Waals surface area contributed by atoms with Crippen LogP contribution in [0.25, 0.3) is 0 Å². The van der Waals surface area contributed by atoms with E-state index in [0.29, 0.717) is 13.0 Å². The van der Waals surface area contributed by atoms with Crippen LogP contribution in [0.1, 0.15) is 18.9 Å². The van der Waals surface area contributed by atoms with Gasteiger partial charge in [0.25, 0.3) is 0 Å². The lowest BCUT2D eigenvalue weighted by molar-refractivity contribution is -0.117. The van der Waals surface area contributed by atoms with Gasteiger partial charge in [0.1, 0.15) is 0 Å². The summed E-state index contributed by atoms with van der Waals surface area (Å²) < 4.78 is 1.01. The normalized spacial score (nSPS) is 19.0. The third-order valence-electron chi connectivity index (χ3n) is 3.26. The number of halogens is 1. The molecule has 2 rings (SSSR count). The molecule has 1 unspecified atom stereocenters. The van der Waals surface area contributed by atoms with Crippen molar-refractivity contribution in [3.8, 4) is 0 Å². The van der Waals surface area contributed by atoms with Crippen molar-refractivity contribution >= 4 is 44.4 Å². The number of benzene rings is 1. The quantitative estimate of drug-likeness (QED) is 0.845. The van der Waals surface area contributed by atoms with Crippen molar-refractivity contribution < 1.29 is 9.59 Å². The van der Waals surface area contributed by atoms with E-state index in [1.807, 2.05) is 30.0 Å². The van der Waals surface area contributed by atoms with Crippen LogP contribution in [0.2, 0.25) is 0 Å². The fourth-order valence-corrected chi connectivity index (χ4v) is 3.30. The highest BCUT2D eigenvalue weighted by atomic mass is 79.9. The Kier molecular flexibility index (Phi) is 4.68. The minimum atomic E-state index is 0.115. The molecule has 1 aliphatic rings. The molecule has 0 aromatic heterocycles. The summed E-state index contributed by atoms with van der Waals surface area (Å²) in [4.78, 5) is 24.9. The Bertz CT molecular complexity index is 518. The monoisotopic (exact) mass is 341 g/mol. The summed E-state index contributed by atoms with van der Waals surface area (Å²) in [6.07, 6.45) is 0.534. The molecule has 1 aromatic carbocycles. The maximum atomic E-state index is 12.1. The van der Waals surface area contributed by atoms with Crippen LogP contribution in [0.15, 0.2) is 22.7 Å². The van der Waals surface area contributed by atoms with Gasteiger partial charge in [0.2, 0.25) is 5.91 Å². The Hall–Kier alpha value is -0.810. The topological polar surface area (TPSA) is 37.4 Å². The smallest absolute Gasteiger partial charge is 0.227 e. The van der Waals surface area contributed by atoms with Crippen molar-refractivity contribution in [1.29, 1.82) is 0 Å². The van der Waals surface area contributed by atoms with Gasteiger partial charge >= 0.3 is 0 Å². The highest BCUT2D eigenvalue weighted by Gasteiger charge is 2.31. The fourth-order valence-electron chi connectivity index (χ4n) is 2.25. The zero-order chi connectivity index (χ0) is 14.0. The molecule has 0 saturated carbocycles. The molecule has 1 heterocycles. The lowest BCUT2D eigenvalue weighted by Gasteiger charge is -2.19. The highest BCUT2D eigenvalue weighted by molar-refractivity contribution is 9.10. The van der Waals surface area contributed by atoms with Gasteiger partial charge in [-0.05, 0) is 30.5 Å². The van der Waals surface area contributed by atoms with Crippen molar-refractivity contribution in [3.63, 3.8) is 0 Å². The summed E-state index contributed by atoms with van der Waals surface area (Å²) in [5.41, 5.74) is 2.05. The van der Waals surface area contributed by atoms with Gasteiger partial charge in [-0.25, -0.2) is 0 Å². The summed E-state index contributed by atoms with van der Waals surface area (Å²) in [6, 6.07) is 5.89. The first kappa shape index (κ1) is 14.6. The predicted octanol–water partition coefficient (Wildman–Crippen LogP) is 3.39. The molecule has 0 N–H and O–H groups in total. The van der Waals surface area contributed by atoms with Crippen molar-refractivity contribution in [2.24, 2.45) is 5.92 Å². The highest BCUT2D eigenvalue weighted by Crippen LogP contribution is 2.32. The van der Waals surface area contributed by atoms with E-state index in [2.05, 4.69) is 15.9 Å². The second-order valence-electron chi connectivity index (χ2n) is 4.76. The Morgan fingerprint density at radius 2 is 2.26 bits per heavy atom. The molecule has 1 atom stereocenters. The van der Waals surface area contributed by atoms with Gasteiger partial charge in [-0.15, -0.1) is 0 Å². The van der Waals surface area contributed by atoms with Crippen LogP contribution in [-0.4, -0.2) is 23.3 Å². The second-order valence-corrected chi connectivity index (χ2v) is 6.81. The number of hydrogen-bond acceptors (Lipinski definition) is 3. The van der Waals surface area contributed by atoms with E-state index in [4.69, 9.17) is 0 Å². The van der Waals surface area contributed by atoms with Crippen LogP contribution in [-0.2, 0) is 9.59 Å². The first-order chi connectivity index (χ1) is 8.99. The van der Waals surface area contributed by atoms with Gasteiger partial charge in [-0.1, -0.05) is 33.8 Å². The zero-order valence-electron chi connectivity index (χ0n) is 11.0. The SMILES string of the molecule is CC(=O)SCC1CC(=O)N(c2cccc(Br)c2C)C1. The summed E-state index contributed by atoms with van der Waals surface area (Å²) in [7, 11) is 0. The molecule has 3 nitrogen and oxygen atoms in total. The van der Waals surface area contributed by atoms with E-state index in [9.17, 15) is 9.59 Å². The number of carbonyl (C=O) groups excluding carboxylic acids is 2. The van der Waals surface area contributed by atoms with Crippen LogP contribution in [0.4, 0.5) is 5.69 Å². The van der Waals surface area contributed by atoms with Crippen LogP contribution in [0.3, 0.4) is 0 Å². The molecule has 0 aliphatic carbocycles. The van der Waals surface area contributed by atoms with E-state index in [1.165, 1.54) is 11.8 Å². The average molecular weight is 342 g/mol. The molecule has 5 heteroatoms. The Morgan fingerprint density at radius 1 is 1.53 bits per heavy atom. The van der Waals surface area contributed by atoms with Crippen LogP contribution in [0, 0.1) is 12.8 Å². The molecule has 1 aliphatic heterocycles. The standard InChI is InChI=1S/C14H16BrNO2S/c1-9-12(15)4-3-5-13(9)16-7-11(6-14(16)18)8-19-10(2)17/h3-5,11H,6-8H2,1-2H3. The Morgan fingerprint density at radius 3 is 2.95 bits per heavy atom. The molecular formula is C14H16BrNO2S. The number of thioether (sulfide) groups is 1. The first-order valence-electron chi connectivity index (χ1n) is 6.18. The molecule has 0 radical (unpaired) electrons. The average Bonchev–Trinajstić information content (AvgIpc) is 2.71. The van der Waals surface area contributed by atoms with Crippen molar-refractivity contribution in [1.82, 2.24) is 0 Å². The summed E-state index contributed by atoms with van der Waals surface area (Å²) in [6.45, 7) is 4.28. The van der Waals surface area contributed by atoms with Gasteiger partial charge in [-0.3, -0.25) is 9.59 Å². The third kappa shape index (κ3) is 3.39. The minimum Gasteiger partial charge on any atom is -0.312 e. The number of carbonyl (C=O) groups is 2. The van der Waals surface area contributed by atoms with E-state index >= 15 is 0 Å². The molecule has 1 saturated heterocycles. The van der Waals surface area contributed by atoms with Crippen molar-refractivity contribution in [2.45, 2.75) is 20.3 Å². The zero-order valence-corrected chi connectivity index (χ0v) is 13.4. The fraction of sp³-hybridized carbons (Fsp3) is 0.429. The van der Waals surface area contributed by atoms with Crippen molar-refractivity contribution in [2.75, 3.05) is 17.2 Å². The van der Waals surface area contributed by atoms with Crippen LogP contribution in [0.5, 0.6) is 0 Å². The van der Waals surface area contributed by atoms with E-state index in [-0.39, 0.29) is 16.9 Å². The summed E-state index contributed by atoms with van der Waals surface area (Å²) in [5, 5.41) is 0.115. The maximum Gasteiger partial charge on any atom is 0.227 e. The Balaban J connectivity index is 2.11. The van der Waals surface area contributed by atoms with Gasteiger partial charge in [-0.2, -0.15) is 0 Å². The summed E-state index contributed by atoms with van der Waals surface area (Å²) in [5.74, 6) is 1.14.